The molecule has 4 heterocycles. The van der Waals surface area contributed by atoms with E-state index in [1.54, 1.807) is 0 Å². The van der Waals surface area contributed by atoms with Crippen LogP contribution >= 0.6 is 14.3 Å². The number of nitrogens with zero attached hydrogens (tertiary/aromatic N) is 4. The maximum absolute atomic E-state index is 15.0. The number of hydrogen-bond acceptors (Lipinski definition) is 4. The van der Waals surface area contributed by atoms with Crippen LogP contribution in [-0.2, 0) is 9.13 Å². The van der Waals surface area contributed by atoms with Gasteiger partial charge in [-0.25, -0.2) is 9.97 Å². The summed E-state index contributed by atoms with van der Waals surface area (Å²) in [4.78, 5) is 10.1. The maximum Gasteiger partial charge on any atom is 0.171 e. The Morgan fingerprint density at radius 3 is 0.980 bits per heavy atom. The summed E-state index contributed by atoms with van der Waals surface area (Å²) < 4.78 is 34.4. The zero-order valence-corrected chi connectivity index (χ0v) is 54.9. The lowest BCUT2D eigenvalue weighted by Gasteiger charge is -2.20. The predicted octanol–water partition coefficient (Wildman–Crippen LogP) is 20.7. The zero-order chi connectivity index (χ0) is 65.3. The Morgan fingerprint density at radius 2 is 0.520 bits per heavy atom. The minimum absolute atomic E-state index is 0.828. The minimum Gasteiger partial charge on any atom is -0.309 e. The molecular formula is C90H60N4O2P2. The van der Waals surface area contributed by atoms with E-state index in [0.29, 0.717) is 0 Å². The summed E-state index contributed by atoms with van der Waals surface area (Å²) in [5.41, 5.74) is 17.6. The molecule has 19 aromatic rings. The van der Waals surface area contributed by atoms with Crippen LogP contribution in [0.4, 0.5) is 0 Å². The largest absolute Gasteiger partial charge is 0.309 e. The van der Waals surface area contributed by atoms with Gasteiger partial charge in [-0.2, -0.15) is 0 Å². The summed E-state index contributed by atoms with van der Waals surface area (Å²) in [6.45, 7) is 0. The third kappa shape index (κ3) is 9.87. The van der Waals surface area contributed by atoms with E-state index >= 15 is 0 Å². The highest BCUT2D eigenvalue weighted by Gasteiger charge is 2.31. The molecule has 15 aromatic carbocycles. The van der Waals surface area contributed by atoms with Crippen LogP contribution < -0.4 is 31.8 Å². The fourth-order valence-electron chi connectivity index (χ4n) is 14.7. The van der Waals surface area contributed by atoms with Crippen molar-refractivity contribution in [3.05, 3.63) is 364 Å². The quantitative estimate of drug-likeness (QED) is 0.101. The van der Waals surface area contributed by atoms with E-state index in [0.717, 1.165) is 137 Å². The van der Waals surface area contributed by atoms with Gasteiger partial charge in [-0.15, -0.1) is 0 Å². The lowest BCUT2D eigenvalue weighted by Crippen LogP contribution is -2.24. The average molecular weight is 1290 g/mol. The molecule has 0 saturated carbocycles. The normalized spacial score (nSPS) is 12.0. The van der Waals surface area contributed by atoms with Gasteiger partial charge >= 0.3 is 0 Å². The molecule has 462 valence electrons. The van der Waals surface area contributed by atoms with Gasteiger partial charge in [0.25, 0.3) is 0 Å². The fraction of sp³-hybridized carbons (Fsp3) is 0. The van der Waals surface area contributed by atoms with Crippen LogP contribution in [0.25, 0.3) is 132 Å². The Morgan fingerprint density at radius 1 is 0.204 bits per heavy atom. The fourth-order valence-corrected chi connectivity index (χ4v) is 20.0. The Bertz CT molecular complexity index is 6340. The second-order valence-electron chi connectivity index (χ2n) is 25.1. The van der Waals surface area contributed by atoms with Crippen molar-refractivity contribution in [1.82, 2.24) is 18.8 Å². The Labute approximate surface area is 566 Å². The van der Waals surface area contributed by atoms with Crippen molar-refractivity contribution in [3.8, 4) is 44.5 Å². The van der Waals surface area contributed by atoms with Crippen LogP contribution in [0.5, 0.6) is 0 Å². The third-order valence-electron chi connectivity index (χ3n) is 19.5. The molecule has 0 spiro atoms. The SMILES string of the molecule is O=P(c1ccccc1)(c1ccccc1)c1ccc(-c2cccc(-c3ccc4c(c3)c3ccccc3c3nc5ccccc5n43)c2)cc1.O=P(c1ccccc1)(c1ccccc1)c1ccc2cc(-c3cccc(-c4ccc5c(c4)c4ccccc4c4nc6ccccc6n54)c3)ccc2c1. The van der Waals surface area contributed by atoms with E-state index in [1.165, 1.54) is 27.1 Å². The number of fused-ring (bicyclic) bond motifs is 17. The molecule has 0 aliphatic rings. The Balaban J connectivity index is 0.000000143. The van der Waals surface area contributed by atoms with Crippen LogP contribution in [0.15, 0.2) is 364 Å². The molecular weight excluding hydrogens is 1230 g/mol. The molecule has 0 fully saturated rings. The lowest BCUT2D eigenvalue weighted by molar-refractivity contribution is 0.591. The van der Waals surface area contributed by atoms with Crippen LogP contribution in [0, 0.1) is 0 Å². The molecule has 0 bridgehead atoms. The van der Waals surface area contributed by atoms with Gasteiger partial charge in [0, 0.05) is 53.4 Å². The Hall–Kier alpha value is -12.0. The first-order chi connectivity index (χ1) is 48.3. The lowest BCUT2D eigenvalue weighted by atomic mass is 9.96. The molecule has 0 aliphatic heterocycles. The molecule has 0 saturated heterocycles. The van der Waals surface area contributed by atoms with Crippen molar-refractivity contribution in [1.29, 1.82) is 0 Å². The highest BCUT2D eigenvalue weighted by Crippen LogP contribution is 2.45. The van der Waals surface area contributed by atoms with E-state index in [-0.39, 0.29) is 0 Å². The standard InChI is InChI=1S/C47H31N2OP.C43H29N2OP/c50-51(38-14-3-1-4-15-38,39-16-5-2-6-17-39)40-26-24-35-29-34(22-23-36(35)30-40)32-12-11-13-33(28-32)37-25-27-45-43(31-37)41-18-7-8-19-42(41)47-48-44-20-9-10-21-46(44)49(45)47;46-47(34-14-3-1-4-15-34,35-16-5-2-6-17-35)36-25-22-30(23-26-36)31-12-11-13-32(28-31)33-24-27-41-39(29-33)37-18-7-8-19-38(37)43-44-40-20-9-10-21-42(40)45(41)43/h1-31H;1-29H. The van der Waals surface area contributed by atoms with Crippen LogP contribution in [0.1, 0.15) is 0 Å². The minimum atomic E-state index is -3.05. The van der Waals surface area contributed by atoms with Crippen molar-refractivity contribution in [2.45, 2.75) is 0 Å². The van der Waals surface area contributed by atoms with E-state index in [9.17, 15) is 9.13 Å². The molecule has 98 heavy (non-hydrogen) atoms. The van der Waals surface area contributed by atoms with Gasteiger partial charge in [0.1, 0.15) is 11.3 Å². The summed E-state index contributed by atoms with van der Waals surface area (Å²) in [6.07, 6.45) is 0. The Kier molecular flexibility index (Phi) is 14.3. The average Bonchev–Trinajstić information content (AvgIpc) is 1.53. The maximum atomic E-state index is 15.0. The summed E-state index contributed by atoms with van der Waals surface area (Å²) in [5, 5.41) is 14.3. The summed E-state index contributed by atoms with van der Waals surface area (Å²) in [7, 11) is -6.08. The predicted molar refractivity (Wildman–Crippen MR) is 413 cm³/mol. The number of hydrogen-bond donors (Lipinski definition) is 0. The highest BCUT2D eigenvalue weighted by atomic mass is 31.2. The van der Waals surface area contributed by atoms with Crippen molar-refractivity contribution in [2.24, 2.45) is 0 Å². The van der Waals surface area contributed by atoms with Gasteiger partial charge in [0.15, 0.2) is 14.3 Å². The van der Waals surface area contributed by atoms with E-state index in [1.807, 2.05) is 152 Å². The first-order valence-corrected chi connectivity index (χ1v) is 36.5. The molecule has 0 N–H and O–H groups in total. The topological polar surface area (TPSA) is 68.7 Å². The first-order valence-electron chi connectivity index (χ1n) is 33.1. The number of imidazole rings is 2. The molecule has 0 radical (unpaired) electrons. The highest BCUT2D eigenvalue weighted by molar-refractivity contribution is 7.85. The molecule has 0 amide bonds. The van der Waals surface area contributed by atoms with Gasteiger partial charge in [0.05, 0.1) is 33.1 Å². The van der Waals surface area contributed by atoms with E-state index < -0.39 is 14.3 Å². The van der Waals surface area contributed by atoms with Crippen molar-refractivity contribution < 1.29 is 9.13 Å². The van der Waals surface area contributed by atoms with Crippen molar-refractivity contribution >= 4 is 134 Å². The van der Waals surface area contributed by atoms with Gasteiger partial charge in [-0.3, -0.25) is 8.80 Å². The summed E-state index contributed by atoms with van der Waals surface area (Å²) >= 11 is 0. The number of pyridine rings is 2. The molecule has 0 atom stereocenters. The number of benzene rings is 15. The summed E-state index contributed by atoms with van der Waals surface area (Å²) in [6, 6.07) is 125. The van der Waals surface area contributed by atoms with Gasteiger partial charge in [-0.05, 0) is 139 Å². The van der Waals surface area contributed by atoms with Gasteiger partial charge in [-0.1, -0.05) is 291 Å². The van der Waals surface area contributed by atoms with Crippen LogP contribution in [0.3, 0.4) is 0 Å². The second-order valence-corrected chi connectivity index (χ2v) is 30.6. The van der Waals surface area contributed by atoms with Crippen LogP contribution in [-0.4, -0.2) is 18.8 Å². The third-order valence-corrected chi connectivity index (χ3v) is 25.6. The van der Waals surface area contributed by atoms with Crippen LogP contribution in [0.2, 0.25) is 0 Å². The van der Waals surface area contributed by atoms with E-state index in [4.69, 9.17) is 9.97 Å². The number of aromatic nitrogens is 4. The first kappa shape index (κ1) is 58.5. The molecule has 4 aromatic heterocycles. The molecule has 8 heteroatoms. The number of para-hydroxylation sites is 4. The molecule has 6 nitrogen and oxygen atoms in total. The van der Waals surface area contributed by atoms with Crippen molar-refractivity contribution in [2.75, 3.05) is 0 Å². The smallest absolute Gasteiger partial charge is 0.171 e. The van der Waals surface area contributed by atoms with Crippen molar-refractivity contribution in [3.63, 3.8) is 0 Å². The molecule has 19 rings (SSSR count). The molecule has 0 aliphatic carbocycles. The van der Waals surface area contributed by atoms with Gasteiger partial charge in [0.2, 0.25) is 0 Å². The molecule has 0 unspecified atom stereocenters. The van der Waals surface area contributed by atoms with Gasteiger partial charge < -0.3 is 9.13 Å². The zero-order valence-electron chi connectivity index (χ0n) is 53.1. The second kappa shape index (κ2) is 24.0. The summed E-state index contributed by atoms with van der Waals surface area (Å²) in [5.74, 6) is 0. The monoisotopic (exact) mass is 1290 g/mol. The van der Waals surface area contributed by atoms with E-state index in [2.05, 4.69) is 221 Å². The number of rotatable bonds is 10.